The van der Waals surface area contributed by atoms with Crippen molar-refractivity contribution in [1.29, 1.82) is 0 Å². The molecule has 8 heteroatoms. The first-order valence-electron chi connectivity index (χ1n) is 9.42. The number of piperazine rings is 1. The SMILES string of the molecule is C[C@@H](OC(=O)c1cc(Cl)c2c(c1)OCO2)C(=O)N1CCN(c2ccccc2)CC1. The molecule has 1 atom stereocenters. The van der Waals surface area contributed by atoms with Crippen LogP contribution in [-0.2, 0) is 9.53 Å². The van der Waals surface area contributed by atoms with Crippen molar-refractivity contribution in [3.63, 3.8) is 0 Å². The van der Waals surface area contributed by atoms with Gasteiger partial charge in [-0.25, -0.2) is 4.79 Å². The summed E-state index contributed by atoms with van der Waals surface area (Å²) in [6.45, 7) is 4.25. The van der Waals surface area contributed by atoms with Crippen molar-refractivity contribution in [2.45, 2.75) is 13.0 Å². The van der Waals surface area contributed by atoms with Crippen molar-refractivity contribution in [2.24, 2.45) is 0 Å². The molecule has 2 heterocycles. The molecule has 7 nitrogen and oxygen atoms in total. The summed E-state index contributed by atoms with van der Waals surface area (Å²) in [5, 5.41) is 0.267. The van der Waals surface area contributed by atoms with E-state index in [1.807, 2.05) is 18.2 Å². The Kier molecular flexibility index (Phi) is 5.49. The quantitative estimate of drug-likeness (QED) is 0.714. The summed E-state index contributed by atoms with van der Waals surface area (Å²) in [5.74, 6) is -0.0454. The number of rotatable bonds is 4. The van der Waals surface area contributed by atoms with Crippen molar-refractivity contribution < 1.29 is 23.8 Å². The topological polar surface area (TPSA) is 68.3 Å². The van der Waals surface area contributed by atoms with Gasteiger partial charge in [-0.3, -0.25) is 4.79 Å². The number of fused-ring (bicyclic) bond motifs is 1. The molecule has 2 aromatic carbocycles. The highest BCUT2D eigenvalue weighted by Gasteiger charge is 2.28. The molecule has 0 unspecified atom stereocenters. The Morgan fingerprint density at radius 1 is 1.07 bits per heavy atom. The number of para-hydroxylation sites is 1. The van der Waals surface area contributed by atoms with Crippen LogP contribution in [0.2, 0.25) is 5.02 Å². The van der Waals surface area contributed by atoms with Crippen LogP contribution in [0, 0.1) is 0 Å². The highest BCUT2D eigenvalue weighted by molar-refractivity contribution is 6.32. The zero-order valence-electron chi connectivity index (χ0n) is 16.0. The predicted octanol–water partition coefficient (Wildman–Crippen LogP) is 2.96. The molecule has 0 spiro atoms. The molecule has 0 aromatic heterocycles. The Balaban J connectivity index is 1.34. The lowest BCUT2D eigenvalue weighted by molar-refractivity contribution is -0.140. The number of benzene rings is 2. The maximum atomic E-state index is 12.7. The van der Waals surface area contributed by atoms with Gasteiger partial charge in [0, 0.05) is 31.9 Å². The fourth-order valence-corrected chi connectivity index (χ4v) is 3.71. The normalized spacial score (nSPS) is 16.5. The molecule has 2 aliphatic rings. The van der Waals surface area contributed by atoms with E-state index < -0.39 is 12.1 Å². The highest BCUT2D eigenvalue weighted by atomic mass is 35.5. The molecule has 0 bridgehead atoms. The Morgan fingerprint density at radius 3 is 2.52 bits per heavy atom. The maximum absolute atomic E-state index is 12.7. The van der Waals surface area contributed by atoms with Gasteiger partial charge in [0.15, 0.2) is 17.6 Å². The van der Waals surface area contributed by atoms with Crippen LogP contribution < -0.4 is 14.4 Å². The number of nitrogens with zero attached hydrogens (tertiary/aromatic N) is 2. The van der Waals surface area contributed by atoms with Crippen molar-refractivity contribution in [1.82, 2.24) is 4.90 Å². The van der Waals surface area contributed by atoms with Crippen LogP contribution in [0.3, 0.4) is 0 Å². The molecule has 4 rings (SSSR count). The van der Waals surface area contributed by atoms with Crippen molar-refractivity contribution >= 4 is 29.2 Å². The predicted molar refractivity (Wildman–Crippen MR) is 108 cm³/mol. The van der Waals surface area contributed by atoms with Gasteiger partial charge in [-0.15, -0.1) is 0 Å². The van der Waals surface area contributed by atoms with E-state index in [2.05, 4.69) is 17.0 Å². The number of amides is 1. The summed E-state index contributed by atoms with van der Waals surface area (Å²) in [7, 11) is 0. The van der Waals surface area contributed by atoms with E-state index >= 15 is 0 Å². The third kappa shape index (κ3) is 4.10. The van der Waals surface area contributed by atoms with E-state index in [1.54, 1.807) is 11.8 Å². The van der Waals surface area contributed by atoms with E-state index in [4.69, 9.17) is 25.8 Å². The molecule has 29 heavy (non-hydrogen) atoms. The number of carbonyl (C=O) groups excluding carboxylic acids is 2. The molecular weight excluding hydrogens is 396 g/mol. The molecule has 2 aliphatic heterocycles. The number of hydrogen-bond acceptors (Lipinski definition) is 6. The lowest BCUT2D eigenvalue weighted by atomic mass is 10.2. The Bertz CT molecular complexity index is 913. The lowest BCUT2D eigenvalue weighted by Gasteiger charge is -2.37. The summed E-state index contributed by atoms with van der Waals surface area (Å²) < 4.78 is 15.9. The molecule has 152 valence electrons. The minimum absolute atomic E-state index is 0.0530. The minimum Gasteiger partial charge on any atom is -0.454 e. The van der Waals surface area contributed by atoms with Crippen LogP contribution in [0.25, 0.3) is 0 Å². The standard InChI is InChI=1S/C21H21ClN2O5/c1-14(29-21(26)15-11-17(22)19-18(12-15)27-13-28-19)20(25)24-9-7-23(8-10-24)16-5-3-2-4-6-16/h2-6,11-12,14H,7-10,13H2,1H3/t14-/m1/s1. The van der Waals surface area contributed by atoms with Crippen LogP contribution >= 0.6 is 11.6 Å². The molecule has 0 N–H and O–H groups in total. The molecule has 2 aromatic rings. The summed E-state index contributed by atoms with van der Waals surface area (Å²) in [5.41, 5.74) is 1.35. The average Bonchev–Trinajstić information content (AvgIpc) is 3.23. The monoisotopic (exact) mass is 416 g/mol. The number of anilines is 1. The number of esters is 1. The lowest BCUT2D eigenvalue weighted by Crippen LogP contribution is -2.51. The van der Waals surface area contributed by atoms with Crippen LogP contribution in [0.15, 0.2) is 42.5 Å². The van der Waals surface area contributed by atoms with E-state index in [9.17, 15) is 9.59 Å². The minimum atomic E-state index is -0.894. The first kappa shape index (κ1) is 19.4. The van der Waals surface area contributed by atoms with Gasteiger partial charge in [-0.2, -0.15) is 0 Å². The van der Waals surface area contributed by atoms with Gasteiger partial charge in [0.2, 0.25) is 6.79 Å². The first-order valence-corrected chi connectivity index (χ1v) is 9.79. The summed E-state index contributed by atoms with van der Waals surface area (Å²) >= 11 is 6.11. The maximum Gasteiger partial charge on any atom is 0.339 e. The van der Waals surface area contributed by atoms with E-state index in [-0.39, 0.29) is 23.3 Å². The van der Waals surface area contributed by atoms with Gasteiger partial charge in [-0.05, 0) is 31.2 Å². The zero-order chi connectivity index (χ0) is 20.4. The third-order valence-electron chi connectivity index (χ3n) is 5.01. The summed E-state index contributed by atoms with van der Waals surface area (Å²) in [6, 6.07) is 13.0. The second-order valence-electron chi connectivity index (χ2n) is 6.89. The Morgan fingerprint density at radius 2 is 1.79 bits per heavy atom. The van der Waals surface area contributed by atoms with Gasteiger partial charge in [-0.1, -0.05) is 29.8 Å². The highest BCUT2D eigenvalue weighted by Crippen LogP contribution is 2.40. The third-order valence-corrected chi connectivity index (χ3v) is 5.29. The fraction of sp³-hybridized carbons (Fsp3) is 0.333. The molecule has 0 saturated carbocycles. The molecule has 0 radical (unpaired) electrons. The van der Waals surface area contributed by atoms with E-state index in [1.165, 1.54) is 12.1 Å². The second-order valence-corrected chi connectivity index (χ2v) is 7.29. The van der Waals surface area contributed by atoms with Crippen molar-refractivity contribution in [2.75, 3.05) is 37.9 Å². The average molecular weight is 417 g/mol. The van der Waals surface area contributed by atoms with Gasteiger partial charge in [0.25, 0.3) is 5.91 Å². The molecule has 1 fully saturated rings. The van der Waals surface area contributed by atoms with Crippen LogP contribution in [0.1, 0.15) is 17.3 Å². The molecule has 1 amide bonds. The van der Waals surface area contributed by atoms with E-state index in [0.717, 1.165) is 18.8 Å². The summed E-state index contributed by atoms with van der Waals surface area (Å²) in [4.78, 5) is 29.2. The molecule has 1 saturated heterocycles. The smallest absolute Gasteiger partial charge is 0.339 e. The number of carbonyl (C=O) groups is 2. The zero-order valence-corrected chi connectivity index (χ0v) is 16.7. The van der Waals surface area contributed by atoms with Gasteiger partial charge >= 0.3 is 5.97 Å². The van der Waals surface area contributed by atoms with Gasteiger partial charge < -0.3 is 24.0 Å². The number of halogens is 1. The number of hydrogen-bond donors (Lipinski definition) is 0. The van der Waals surface area contributed by atoms with Gasteiger partial charge in [0.05, 0.1) is 10.6 Å². The second kappa shape index (κ2) is 8.21. The largest absolute Gasteiger partial charge is 0.454 e. The molecule has 0 aliphatic carbocycles. The Labute approximate surface area is 173 Å². The molecular formula is C21H21ClN2O5. The van der Waals surface area contributed by atoms with Crippen LogP contribution in [0.4, 0.5) is 5.69 Å². The number of ether oxygens (including phenoxy) is 3. The van der Waals surface area contributed by atoms with Gasteiger partial charge in [0.1, 0.15) is 0 Å². The van der Waals surface area contributed by atoms with Crippen LogP contribution in [-0.4, -0.2) is 55.9 Å². The van der Waals surface area contributed by atoms with Crippen molar-refractivity contribution in [3.05, 3.63) is 53.1 Å². The van der Waals surface area contributed by atoms with E-state index in [0.29, 0.717) is 24.6 Å². The van der Waals surface area contributed by atoms with Crippen LogP contribution in [0.5, 0.6) is 11.5 Å². The fourth-order valence-electron chi connectivity index (χ4n) is 3.45. The summed E-state index contributed by atoms with van der Waals surface area (Å²) in [6.07, 6.45) is -0.894. The first-order chi connectivity index (χ1) is 14.0. The Hall–Kier alpha value is -2.93. The van der Waals surface area contributed by atoms with Crippen molar-refractivity contribution in [3.8, 4) is 11.5 Å².